The van der Waals surface area contributed by atoms with Crippen LogP contribution in [0.4, 0.5) is 0 Å². The first-order valence-electron chi connectivity index (χ1n) is 10.8. The first-order valence-corrected chi connectivity index (χ1v) is 10.8. The van der Waals surface area contributed by atoms with Crippen LogP contribution in [0.15, 0.2) is 12.4 Å². The van der Waals surface area contributed by atoms with Crippen LogP contribution in [0.2, 0.25) is 0 Å². The maximum absolute atomic E-state index is 13.7. The average Bonchev–Trinajstić information content (AvgIpc) is 3.08. The Labute approximate surface area is 166 Å². The Bertz CT molecular complexity index is 805. The molecule has 6 heteroatoms. The van der Waals surface area contributed by atoms with Gasteiger partial charge in [0, 0.05) is 19.3 Å². The van der Waals surface area contributed by atoms with Crippen LogP contribution in [0.25, 0.3) is 0 Å². The SMILES string of the molecule is CC12CC3CC(C)(C1)CC(C(=O)N1CCC(n4cc(C(=O)O)cn4)CC1)(C3)C2. The van der Waals surface area contributed by atoms with Crippen LogP contribution in [0, 0.1) is 22.2 Å². The number of hydrogen-bond acceptors (Lipinski definition) is 3. The molecule has 0 radical (unpaired) electrons. The first kappa shape index (κ1) is 18.2. The van der Waals surface area contributed by atoms with Crippen LogP contribution >= 0.6 is 0 Å². The highest BCUT2D eigenvalue weighted by atomic mass is 16.4. The van der Waals surface area contributed by atoms with Crippen LogP contribution in [-0.2, 0) is 4.79 Å². The van der Waals surface area contributed by atoms with Gasteiger partial charge in [0.1, 0.15) is 0 Å². The van der Waals surface area contributed by atoms with E-state index in [1.807, 2.05) is 0 Å². The highest BCUT2D eigenvalue weighted by Crippen LogP contribution is 2.69. The van der Waals surface area contributed by atoms with Crippen molar-refractivity contribution in [3.05, 3.63) is 18.0 Å². The Balaban J connectivity index is 1.29. The fourth-order valence-corrected chi connectivity index (χ4v) is 8.00. The van der Waals surface area contributed by atoms with Crippen molar-refractivity contribution in [3.63, 3.8) is 0 Å². The number of carbonyl (C=O) groups excluding carboxylic acids is 1. The largest absolute Gasteiger partial charge is 0.478 e. The topological polar surface area (TPSA) is 75.4 Å². The molecule has 1 N–H and O–H groups in total. The summed E-state index contributed by atoms with van der Waals surface area (Å²) in [6, 6.07) is 0.184. The normalized spacial score (nSPS) is 40.1. The second-order valence-electron chi connectivity index (χ2n) is 10.9. The molecule has 1 aromatic heterocycles. The average molecular weight is 386 g/mol. The van der Waals surface area contributed by atoms with Gasteiger partial charge in [-0.2, -0.15) is 5.10 Å². The second-order valence-corrected chi connectivity index (χ2v) is 10.9. The quantitative estimate of drug-likeness (QED) is 0.860. The van der Waals surface area contributed by atoms with E-state index in [2.05, 4.69) is 23.8 Å². The molecular formula is C22H31N3O3. The summed E-state index contributed by atoms with van der Waals surface area (Å²) in [5, 5.41) is 13.3. The molecular weight excluding hydrogens is 354 g/mol. The van der Waals surface area contributed by atoms with Gasteiger partial charge in [-0.15, -0.1) is 0 Å². The van der Waals surface area contributed by atoms with Crippen molar-refractivity contribution in [1.82, 2.24) is 14.7 Å². The van der Waals surface area contributed by atoms with Gasteiger partial charge in [-0.1, -0.05) is 13.8 Å². The molecule has 152 valence electrons. The van der Waals surface area contributed by atoms with Crippen molar-refractivity contribution in [2.24, 2.45) is 22.2 Å². The predicted molar refractivity (Wildman–Crippen MR) is 104 cm³/mol. The predicted octanol–water partition coefficient (Wildman–Crippen LogP) is 3.74. The third-order valence-electron chi connectivity index (χ3n) is 8.05. The Morgan fingerprint density at radius 1 is 1.07 bits per heavy atom. The Hall–Kier alpha value is -1.85. The van der Waals surface area contributed by atoms with E-state index in [9.17, 15) is 9.59 Å². The molecule has 1 aliphatic heterocycles. The number of amides is 1. The zero-order valence-corrected chi connectivity index (χ0v) is 17.0. The van der Waals surface area contributed by atoms with Crippen molar-refractivity contribution in [2.75, 3.05) is 13.1 Å². The fourth-order valence-electron chi connectivity index (χ4n) is 8.00. The van der Waals surface area contributed by atoms with Gasteiger partial charge in [0.25, 0.3) is 0 Å². The van der Waals surface area contributed by atoms with E-state index in [0.29, 0.717) is 16.7 Å². The van der Waals surface area contributed by atoms with Crippen molar-refractivity contribution >= 4 is 11.9 Å². The molecule has 6 nitrogen and oxygen atoms in total. The molecule has 1 amide bonds. The van der Waals surface area contributed by atoms with Gasteiger partial charge in [-0.3, -0.25) is 9.48 Å². The smallest absolute Gasteiger partial charge is 0.338 e. The lowest BCUT2D eigenvalue weighted by atomic mass is 9.40. The summed E-state index contributed by atoms with van der Waals surface area (Å²) in [6.45, 7) is 6.35. The highest BCUT2D eigenvalue weighted by molar-refractivity contribution is 5.86. The second kappa shape index (κ2) is 5.83. The molecule has 5 aliphatic rings. The number of aromatic carboxylic acids is 1. The van der Waals surface area contributed by atoms with Gasteiger partial charge in [-0.25, -0.2) is 4.79 Å². The Morgan fingerprint density at radius 2 is 1.71 bits per heavy atom. The summed E-state index contributed by atoms with van der Waals surface area (Å²) in [7, 11) is 0. The molecule has 5 fully saturated rings. The van der Waals surface area contributed by atoms with E-state index in [-0.39, 0.29) is 17.0 Å². The minimum atomic E-state index is -0.942. The van der Waals surface area contributed by atoms with E-state index < -0.39 is 5.97 Å². The van der Waals surface area contributed by atoms with E-state index in [4.69, 9.17) is 5.11 Å². The molecule has 2 atom stereocenters. The molecule has 6 rings (SSSR count). The number of carboxylic acids is 1. The number of aromatic nitrogens is 2. The lowest BCUT2D eigenvalue weighted by Gasteiger charge is -2.65. The zero-order chi connectivity index (χ0) is 19.7. The molecule has 0 spiro atoms. The maximum atomic E-state index is 13.7. The standard InChI is InChI=1S/C22H31N3O3/c1-20-7-15-8-21(2,12-20)14-22(9-15,13-20)19(28)24-5-3-17(4-6-24)25-11-16(10-23-25)18(26)27/h10-11,15,17H,3-9,12-14H2,1-2H3,(H,26,27). The van der Waals surface area contributed by atoms with Crippen molar-refractivity contribution in [1.29, 1.82) is 0 Å². The van der Waals surface area contributed by atoms with Gasteiger partial charge >= 0.3 is 5.97 Å². The minimum absolute atomic E-state index is 0.127. The molecule has 1 aromatic rings. The summed E-state index contributed by atoms with van der Waals surface area (Å²) in [6.07, 6.45) is 11.9. The van der Waals surface area contributed by atoms with Crippen LogP contribution in [0.5, 0.6) is 0 Å². The minimum Gasteiger partial charge on any atom is -0.478 e. The molecule has 4 saturated carbocycles. The molecule has 2 heterocycles. The van der Waals surface area contributed by atoms with Gasteiger partial charge in [-0.05, 0) is 68.1 Å². The Kier molecular flexibility index (Phi) is 3.79. The third kappa shape index (κ3) is 2.79. The number of rotatable bonds is 3. The van der Waals surface area contributed by atoms with Gasteiger partial charge in [0.15, 0.2) is 0 Å². The van der Waals surface area contributed by atoms with Gasteiger partial charge < -0.3 is 10.0 Å². The summed E-state index contributed by atoms with van der Waals surface area (Å²) >= 11 is 0. The number of likely N-dealkylation sites (tertiary alicyclic amines) is 1. The van der Waals surface area contributed by atoms with Crippen LogP contribution in [0.1, 0.15) is 81.6 Å². The summed E-state index contributed by atoms with van der Waals surface area (Å²) < 4.78 is 1.78. The van der Waals surface area contributed by atoms with E-state index in [1.165, 1.54) is 25.5 Å². The van der Waals surface area contributed by atoms with Crippen LogP contribution in [0.3, 0.4) is 0 Å². The van der Waals surface area contributed by atoms with E-state index >= 15 is 0 Å². The number of hydrogen-bond donors (Lipinski definition) is 1. The first-order chi connectivity index (χ1) is 13.2. The molecule has 28 heavy (non-hydrogen) atoms. The highest BCUT2D eigenvalue weighted by Gasteiger charge is 2.63. The number of piperidine rings is 1. The lowest BCUT2D eigenvalue weighted by molar-refractivity contribution is -0.180. The molecule has 4 aliphatic carbocycles. The maximum Gasteiger partial charge on any atom is 0.338 e. The van der Waals surface area contributed by atoms with Crippen molar-refractivity contribution in [3.8, 4) is 0 Å². The van der Waals surface area contributed by atoms with Gasteiger partial charge in [0.05, 0.1) is 23.2 Å². The number of carbonyl (C=O) groups is 2. The van der Waals surface area contributed by atoms with E-state index in [1.54, 1.807) is 10.9 Å². The fraction of sp³-hybridized carbons (Fsp3) is 0.773. The number of nitrogens with zero attached hydrogens (tertiary/aromatic N) is 3. The van der Waals surface area contributed by atoms with E-state index in [0.717, 1.165) is 51.1 Å². The van der Waals surface area contributed by atoms with Crippen molar-refractivity contribution < 1.29 is 14.7 Å². The molecule has 4 bridgehead atoms. The summed E-state index contributed by atoms with van der Waals surface area (Å²) in [5.41, 5.74) is 0.806. The molecule has 2 unspecified atom stereocenters. The third-order valence-corrected chi connectivity index (χ3v) is 8.05. The zero-order valence-electron chi connectivity index (χ0n) is 17.0. The monoisotopic (exact) mass is 385 g/mol. The number of carboxylic acid groups (broad SMARTS) is 1. The summed E-state index contributed by atoms with van der Waals surface area (Å²) in [4.78, 5) is 26.9. The van der Waals surface area contributed by atoms with Crippen LogP contribution in [-0.4, -0.2) is 44.8 Å². The van der Waals surface area contributed by atoms with Gasteiger partial charge in [0.2, 0.25) is 5.91 Å². The Morgan fingerprint density at radius 3 is 2.25 bits per heavy atom. The van der Waals surface area contributed by atoms with Crippen molar-refractivity contribution in [2.45, 2.75) is 71.3 Å². The lowest BCUT2D eigenvalue weighted by Crippen LogP contribution is -2.61. The molecule has 1 saturated heterocycles. The summed E-state index contributed by atoms with van der Waals surface area (Å²) in [5.74, 6) is 0.188. The van der Waals surface area contributed by atoms with Crippen LogP contribution < -0.4 is 0 Å². The molecule has 0 aromatic carbocycles.